The van der Waals surface area contributed by atoms with Crippen molar-refractivity contribution in [3.05, 3.63) is 0 Å². The number of carboxylic acids is 1. The lowest BCUT2D eigenvalue weighted by Gasteiger charge is -2.35. The van der Waals surface area contributed by atoms with Crippen LogP contribution < -0.4 is 0 Å². The number of carboxylic acid groups (broad SMARTS) is 1. The van der Waals surface area contributed by atoms with Crippen molar-refractivity contribution in [2.45, 2.75) is 31.2 Å². The maximum Gasteiger partial charge on any atom is 0.327 e. The molecule has 0 bridgehead atoms. The van der Waals surface area contributed by atoms with Gasteiger partial charge in [0.1, 0.15) is 6.04 Å². The SMILES string of the molecule is CCCC1SCC(C(=O)O)N1C(=O)N1CCS(=O)CC1. The van der Waals surface area contributed by atoms with Gasteiger partial charge in [-0.15, -0.1) is 11.8 Å². The van der Waals surface area contributed by atoms with Gasteiger partial charge in [0, 0.05) is 41.1 Å². The van der Waals surface area contributed by atoms with E-state index in [-0.39, 0.29) is 11.4 Å². The maximum absolute atomic E-state index is 12.6. The van der Waals surface area contributed by atoms with E-state index in [1.807, 2.05) is 6.92 Å². The van der Waals surface area contributed by atoms with Crippen LogP contribution in [0.3, 0.4) is 0 Å². The first-order valence-corrected chi connectivity index (χ1v) is 9.35. The highest BCUT2D eigenvalue weighted by Crippen LogP contribution is 2.33. The highest BCUT2D eigenvalue weighted by molar-refractivity contribution is 8.00. The lowest BCUT2D eigenvalue weighted by Crippen LogP contribution is -2.54. The lowest BCUT2D eigenvalue weighted by atomic mass is 10.2. The Morgan fingerprint density at radius 2 is 2.00 bits per heavy atom. The van der Waals surface area contributed by atoms with Crippen LogP contribution in [-0.4, -0.2) is 72.9 Å². The first-order valence-electron chi connectivity index (χ1n) is 6.81. The first-order chi connectivity index (χ1) is 9.54. The zero-order chi connectivity index (χ0) is 14.7. The summed E-state index contributed by atoms with van der Waals surface area (Å²) in [5.41, 5.74) is 0. The monoisotopic (exact) mass is 320 g/mol. The van der Waals surface area contributed by atoms with Gasteiger partial charge in [0.05, 0.1) is 5.37 Å². The van der Waals surface area contributed by atoms with Crippen LogP contribution in [0.4, 0.5) is 4.79 Å². The number of aliphatic carboxylic acids is 1. The van der Waals surface area contributed by atoms with Gasteiger partial charge < -0.3 is 10.0 Å². The summed E-state index contributed by atoms with van der Waals surface area (Å²) in [6, 6.07) is -0.950. The van der Waals surface area contributed by atoms with Crippen LogP contribution >= 0.6 is 11.8 Å². The summed E-state index contributed by atoms with van der Waals surface area (Å²) in [6.45, 7) is 2.94. The molecule has 0 radical (unpaired) electrons. The molecule has 2 unspecified atom stereocenters. The molecule has 2 heterocycles. The van der Waals surface area contributed by atoms with Gasteiger partial charge in [0.25, 0.3) is 0 Å². The molecule has 1 N–H and O–H groups in total. The molecule has 20 heavy (non-hydrogen) atoms. The van der Waals surface area contributed by atoms with Crippen molar-refractivity contribution in [3.8, 4) is 0 Å². The van der Waals surface area contributed by atoms with Gasteiger partial charge in [-0.25, -0.2) is 9.59 Å². The van der Waals surface area contributed by atoms with Crippen LogP contribution in [-0.2, 0) is 15.6 Å². The van der Waals surface area contributed by atoms with E-state index in [1.54, 1.807) is 16.7 Å². The molecule has 0 aliphatic carbocycles. The molecule has 2 rings (SSSR count). The summed E-state index contributed by atoms with van der Waals surface area (Å²) < 4.78 is 11.4. The molecule has 114 valence electrons. The lowest BCUT2D eigenvalue weighted by molar-refractivity contribution is -0.141. The van der Waals surface area contributed by atoms with Crippen molar-refractivity contribution in [3.63, 3.8) is 0 Å². The van der Waals surface area contributed by atoms with Crippen LogP contribution in [0, 0.1) is 0 Å². The Kier molecular flexibility index (Phi) is 5.31. The summed E-state index contributed by atoms with van der Waals surface area (Å²) in [4.78, 5) is 27.1. The van der Waals surface area contributed by atoms with E-state index in [2.05, 4.69) is 0 Å². The molecule has 2 atom stereocenters. The number of carbonyl (C=O) groups is 2. The Labute approximate surface area is 125 Å². The van der Waals surface area contributed by atoms with Crippen molar-refractivity contribution in [2.24, 2.45) is 0 Å². The Morgan fingerprint density at radius 1 is 1.35 bits per heavy atom. The van der Waals surface area contributed by atoms with Gasteiger partial charge in [-0.05, 0) is 6.42 Å². The molecule has 6 nitrogen and oxygen atoms in total. The van der Waals surface area contributed by atoms with Crippen molar-refractivity contribution in [2.75, 3.05) is 30.3 Å². The van der Waals surface area contributed by atoms with Crippen LogP contribution in [0.5, 0.6) is 0 Å². The van der Waals surface area contributed by atoms with E-state index < -0.39 is 22.8 Å². The fourth-order valence-electron chi connectivity index (χ4n) is 2.47. The predicted molar refractivity (Wildman–Crippen MR) is 79.3 cm³/mol. The molecule has 2 saturated heterocycles. The molecule has 2 aliphatic rings. The first kappa shape index (κ1) is 15.6. The largest absolute Gasteiger partial charge is 0.480 e. The van der Waals surface area contributed by atoms with Crippen molar-refractivity contribution >= 4 is 34.6 Å². The van der Waals surface area contributed by atoms with E-state index in [9.17, 15) is 18.9 Å². The number of nitrogens with zero attached hydrogens (tertiary/aromatic N) is 2. The van der Waals surface area contributed by atoms with E-state index in [0.717, 1.165) is 12.8 Å². The summed E-state index contributed by atoms with van der Waals surface area (Å²) in [7, 11) is -0.843. The number of amides is 2. The molecule has 0 aromatic rings. The number of hydrogen-bond acceptors (Lipinski definition) is 4. The molecule has 0 saturated carbocycles. The van der Waals surface area contributed by atoms with Gasteiger partial charge in [0.2, 0.25) is 0 Å². The average molecular weight is 320 g/mol. The molecule has 2 fully saturated rings. The minimum absolute atomic E-state index is 0.0546. The highest BCUT2D eigenvalue weighted by Gasteiger charge is 2.43. The van der Waals surface area contributed by atoms with Gasteiger partial charge in [-0.1, -0.05) is 13.3 Å². The molecular formula is C12H20N2O4S2. The third-order valence-corrected chi connectivity index (χ3v) is 6.21. The summed E-state index contributed by atoms with van der Waals surface area (Å²) in [5.74, 6) is 0.488. The quantitative estimate of drug-likeness (QED) is 0.832. The third-order valence-electron chi connectivity index (χ3n) is 3.58. The minimum Gasteiger partial charge on any atom is -0.480 e. The molecule has 0 aromatic carbocycles. The van der Waals surface area contributed by atoms with Crippen LogP contribution in [0.15, 0.2) is 0 Å². The minimum atomic E-state index is -0.940. The van der Waals surface area contributed by atoms with Gasteiger partial charge >= 0.3 is 12.0 Å². The number of urea groups is 1. The van der Waals surface area contributed by atoms with E-state index in [0.29, 0.717) is 30.3 Å². The third kappa shape index (κ3) is 3.28. The Morgan fingerprint density at radius 3 is 2.55 bits per heavy atom. The van der Waals surface area contributed by atoms with Crippen molar-refractivity contribution in [1.82, 2.24) is 9.80 Å². The normalized spacial score (nSPS) is 27.9. The number of carbonyl (C=O) groups excluding carboxylic acids is 1. The highest BCUT2D eigenvalue weighted by atomic mass is 32.2. The fraction of sp³-hybridized carbons (Fsp3) is 0.833. The second-order valence-corrected chi connectivity index (χ2v) is 7.86. The maximum atomic E-state index is 12.6. The molecule has 0 aromatic heterocycles. The van der Waals surface area contributed by atoms with Crippen molar-refractivity contribution < 1.29 is 18.9 Å². The van der Waals surface area contributed by atoms with E-state index >= 15 is 0 Å². The smallest absolute Gasteiger partial charge is 0.327 e. The van der Waals surface area contributed by atoms with Crippen molar-refractivity contribution in [1.29, 1.82) is 0 Å². The summed E-state index contributed by atoms with van der Waals surface area (Å²) >= 11 is 1.54. The molecule has 0 spiro atoms. The topological polar surface area (TPSA) is 77.9 Å². The number of hydrogen-bond donors (Lipinski definition) is 1. The summed E-state index contributed by atoms with van der Waals surface area (Å²) in [5, 5.41) is 9.23. The second-order valence-electron chi connectivity index (χ2n) is 4.96. The van der Waals surface area contributed by atoms with Gasteiger partial charge in [-0.2, -0.15) is 0 Å². The zero-order valence-corrected chi connectivity index (χ0v) is 13.1. The average Bonchev–Trinajstić information content (AvgIpc) is 2.83. The second kappa shape index (κ2) is 6.80. The Bertz CT molecular complexity index is 408. The molecular weight excluding hydrogens is 300 g/mol. The van der Waals surface area contributed by atoms with Crippen LogP contribution in [0.2, 0.25) is 0 Å². The van der Waals surface area contributed by atoms with Gasteiger partial charge in [0.15, 0.2) is 0 Å². The van der Waals surface area contributed by atoms with E-state index in [1.165, 1.54) is 4.90 Å². The van der Waals surface area contributed by atoms with Gasteiger partial charge in [-0.3, -0.25) is 9.11 Å². The zero-order valence-electron chi connectivity index (χ0n) is 11.5. The Hall–Kier alpha value is -0.760. The van der Waals surface area contributed by atoms with E-state index in [4.69, 9.17) is 0 Å². The Balaban J connectivity index is 2.10. The molecule has 2 aliphatic heterocycles. The summed E-state index contributed by atoms with van der Waals surface area (Å²) in [6.07, 6.45) is 1.72. The van der Waals surface area contributed by atoms with Crippen LogP contribution in [0.1, 0.15) is 19.8 Å². The fourth-order valence-corrected chi connectivity index (χ4v) is 5.03. The van der Waals surface area contributed by atoms with Crippen LogP contribution in [0.25, 0.3) is 0 Å². The number of rotatable bonds is 3. The molecule has 8 heteroatoms. The standard InChI is InChI=1S/C12H20N2O4S2/c1-2-3-10-14(9(8-19-10)11(15)16)12(17)13-4-6-20(18)7-5-13/h9-10H,2-8H2,1H3,(H,15,16). The predicted octanol–water partition coefficient (Wildman–Crippen LogP) is 0.799. The molecule has 2 amide bonds. The number of thioether (sulfide) groups is 1.